The molecule has 10 amide bonds. The minimum Gasteiger partial charge on any atom is -0.496 e. The number of carbonyl (C=O) groups is 10. The van der Waals surface area contributed by atoms with E-state index in [0.29, 0.717) is 132 Å². The summed E-state index contributed by atoms with van der Waals surface area (Å²) in [7, 11) is -4.44. The van der Waals surface area contributed by atoms with Gasteiger partial charge in [-0.3, -0.25) is 52.5 Å². The van der Waals surface area contributed by atoms with Crippen molar-refractivity contribution in [1.29, 1.82) is 0 Å². The van der Waals surface area contributed by atoms with Crippen LogP contribution in [0.15, 0.2) is 134 Å². The van der Waals surface area contributed by atoms with Gasteiger partial charge in [-0.1, -0.05) is 80.0 Å². The number of nitrogens with one attached hydrogen (secondary N) is 6. The normalized spacial score (nSPS) is 14.3. The molecule has 0 bridgehead atoms. The van der Waals surface area contributed by atoms with Crippen molar-refractivity contribution in [2.24, 2.45) is 11.7 Å². The number of rotatable bonds is 46. The maximum absolute atomic E-state index is 14.6. The van der Waals surface area contributed by atoms with Crippen LogP contribution in [-0.2, 0) is 94.2 Å². The first kappa shape index (κ1) is 97.8. The second kappa shape index (κ2) is 45.3. The third-order valence-corrected chi connectivity index (χ3v) is 23.8. The largest absolute Gasteiger partial charge is 0.496 e. The number of nitrogens with zero attached hydrogens (tertiary/aromatic N) is 8. The lowest BCUT2D eigenvalue weighted by atomic mass is 9.96. The van der Waals surface area contributed by atoms with E-state index in [-0.39, 0.29) is 101 Å². The van der Waals surface area contributed by atoms with Crippen LogP contribution in [0.2, 0.25) is 5.02 Å². The number of quaternary nitrogens is 1. The van der Waals surface area contributed by atoms with Gasteiger partial charge < -0.3 is 80.5 Å². The Bertz CT molecular complexity index is 5630. The maximum atomic E-state index is 14.6. The Kier molecular flexibility index (Phi) is 34.6. The summed E-state index contributed by atoms with van der Waals surface area (Å²) in [5.41, 5.74) is 10.7. The van der Waals surface area contributed by atoms with Crippen LogP contribution in [0.4, 0.5) is 19.7 Å². The number of aromatic nitrogens is 4. The molecular formula is C85H100ClFN15O23S3+. The Morgan fingerprint density at radius 3 is 2.15 bits per heavy atom. The summed E-state index contributed by atoms with van der Waals surface area (Å²) in [5, 5.41) is 26.6. The number of methoxy groups -OCH3 is 1. The third kappa shape index (κ3) is 28.3. The molecule has 4 atom stereocenters. The number of primary amides is 1. The molecule has 8 aromatic rings. The number of anilines is 1. The molecule has 0 unspecified atom stereocenters. The molecule has 3 aromatic heterocycles. The van der Waals surface area contributed by atoms with Crippen LogP contribution >= 0.6 is 22.9 Å². The minimum absolute atomic E-state index is 0.000670. The van der Waals surface area contributed by atoms with E-state index in [1.54, 1.807) is 107 Å². The average Bonchev–Trinajstić information content (AvgIpc) is 1.60. The van der Waals surface area contributed by atoms with Crippen LogP contribution in [-0.4, -0.2) is 265 Å². The number of hydrogen-bond acceptors (Lipinski definition) is 26. The van der Waals surface area contributed by atoms with Crippen LogP contribution in [0.1, 0.15) is 67.5 Å². The van der Waals surface area contributed by atoms with Crippen molar-refractivity contribution in [3.05, 3.63) is 173 Å². The number of carboxylic acid groups (broad SMARTS) is 1. The van der Waals surface area contributed by atoms with Crippen molar-refractivity contribution in [3.63, 3.8) is 0 Å². The SMILES string of the molecule is COc1ccccc1-c1nccc(COc2ccccc2C[C@@H](Oc2ncnc3sc(-c4ccc(F)cc4)c(-c4ccc(OCCN5CC[N+](C)(Cc6ccc(NC(=O)[C@H](CCCNC(N)=O)NC(=O)[C@@H](NC(=O)CCOCCN7C(=O)C=CC7=O)C(C)C)cc6CN(C)C(=O)OC[C@@H](NC(=O)CS(=O)(=O)O)C(=O)NCCCS(=O)(=O)O)CC5)c(Cl)c4C)c23)C(=O)O)n1. The third-order valence-electron chi connectivity index (χ3n) is 20.8. The van der Waals surface area contributed by atoms with E-state index in [2.05, 4.69) is 51.8 Å². The summed E-state index contributed by atoms with van der Waals surface area (Å²) >= 11 is 8.57. The van der Waals surface area contributed by atoms with Crippen LogP contribution in [0.5, 0.6) is 23.1 Å². The molecule has 38 nitrogen and oxygen atoms in total. The summed E-state index contributed by atoms with van der Waals surface area (Å²) in [6, 6.07) is 25.3. The highest BCUT2D eigenvalue weighted by Gasteiger charge is 2.35. The summed E-state index contributed by atoms with van der Waals surface area (Å²) in [6.45, 7) is 6.59. The van der Waals surface area contributed by atoms with E-state index >= 15 is 0 Å². The maximum Gasteiger partial charge on any atom is 0.409 e. The monoisotopic (exact) mass is 1850 g/mol. The van der Waals surface area contributed by atoms with E-state index in [0.717, 1.165) is 22.0 Å². The van der Waals surface area contributed by atoms with Gasteiger partial charge in [-0.25, -0.2) is 38.7 Å². The van der Waals surface area contributed by atoms with Crippen molar-refractivity contribution in [3.8, 4) is 56.1 Å². The molecule has 0 saturated carbocycles. The van der Waals surface area contributed by atoms with Gasteiger partial charge in [0.05, 0.1) is 74.4 Å². The molecule has 1 fully saturated rings. The molecule has 128 heavy (non-hydrogen) atoms. The van der Waals surface area contributed by atoms with Gasteiger partial charge in [0.25, 0.3) is 32.1 Å². The van der Waals surface area contributed by atoms with Gasteiger partial charge in [-0.15, -0.1) is 11.3 Å². The summed E-state index contributed by atoms with van der Waals surface area (Å²) in [4.78, 5) is 155. The van der Waals surface area contributed by atoms with E-state index in [1.165, 1.54) is 36.8 Å². The van der Waals surface area contributed by atoms with Gasteiger partial charge in [-0.2, -0.15) is 16.8 Å². The van der Waals surface area contributed by atoms with Crippen LogP contribution in [0, 0.1) is 18.7 Å². The lowest BCUT2D eigenvalue weighted by Gasteiger charge is -2.42. The van der Waals surface area contributed by atoms with Crippen molar-refractivity contribution in [1.82, 2.24) is 61.2 Å². The van der Waals surface area contributed by atoms with E-state index in [9.17, 15) is 83.4 Å². The van der Waals surface area contributed by atoms with Gasteiger partial charge in [0.2, 0.25) is 41.5 Å². The highest BCUT2D eigenvalue weighted by molar-refractivity contribution is 7.86. The molecule has 2 aliphatic heterocycles. The van der Waals surface area contributed by atoms with Gasteiger partial charge >= 0.3 is 18.1 Å². The Morgan fingerprint density at radius 2 is 1.45 bits per heavy atom. The first-order chi connectivity index (χ1) is 60.9. The topological polar surface area (TPSA) is 515 Å². The number of imide groups is 1. The van der Waals surface area contributed by atoms with E-state index < -0.39 is 134 Å². The van der Waals surface area contributed by atoms with Crippen molar-refractivity contribution >= 4 is 119 Å². The fourth-order valence-electron chi connectivity index (χ4n) is 14.0. The number of fused-ring (bicyclic) bond motifs is 1. The molecule has 10 rings (SSSR count). The van der Waals surface area contributed by atoms with Crippen molar-refractivity contribution in [2.45, 2.75) is 96.8 Å². The number of benzene rings is 5. The smallest absolute Gasteiger partial charge is 0.409 e. The zero-order valence-electron chi connectivity index (χ0n) is 70.8. The molecule has 11 N–H and O–H groups in total. The summed E-state index contributed by atoms with van der Waals surface area (Å²) < 4.78 is 115. The summed E-state index contributed by atoms with van der Waals surface area (Å²) in [6.07, 6.45) is 1.93. The van der Waals surface area contributed by atoms with E-state index in [4.69, 9.17) is 50.7 Å². The fraction of sp³-hybridized carbons (Fsp3) is 0.388. The second-order valence-electron chi connectivity index (χ2n) is 30.7. The molecule has 0 aliphatic carbocycles. The Morgan fingerprint density at radius 1 is 0.742 bits per heavy atom. The van der Waals surface area contributed by atoms with Gasteiger partial charge in [-0.05, 0) is 115 Å². The molecule has 0 spiro atoms. The highest BCUT2D eigenvalue weighted by Crippen LogP contribution is 2.50. The van der Waals surface area contributed by atoms with Gasteiger partial charge in [0, 0.05) is 99.2 Å². The second-order valence-corrected chi connectivity index (χ2v) is 35.1. The molecule has 5 aromatic carbocycles. The van der Waals surface area contributed by atoms with Crippen molar-refractivity contribution in [2.75, 3.05) is 117 Å². The number of carbonyl (C=O) groups excluding carboxylic acids is 9. The number of likely N-dealkylation sites (N-methyl/N-ethyl adjacent to an activating group) is 1. The number of piperazine rings is 1. The number of hydrogen-bond donors (Lipinski definition) is 10. The Balaban J connectivity index is 0.837. The first-order valence-corrected chi connectivity index (χ1v) is 44.9. The highest BCUT2D eigenvalue weighted by atomic mass is 35.5. The van der Waals surface area contributed by atoms with Gasteiger partial charge in [0.1, 0.15) is 78.7 Å². The molecule has 2 aliphatic rings. The average molecular weight is 1850 g/mol. The summed E-state index contributed by atoms with van der Waals surface area (Å²) in [5.74, 6) is -8.32. The Labute approximate surface area is 745 Å². The van der Waals surface area contributed by atoms with Crippen molar-refractivity contribution < 1.29 is 116 Å². The van der Waals surface area contributed by atoms with E-state index in [1.807, 2.05) is 31.3 Å². The zero-order chi connectivity index (χ0) is 92.6. The number of amides is 10. The molecule has 1 saturated heterocycles. The van der Waals surface area contributed by atoms with Crippen LogP contribution in [0.25, 0.3) is 43.2 Å². The molecule has 43 heteroatoms. The predicted octanol–water partition coefficient (Wildman–Crippen LogP) is 6.27. The molecular weight excluding hydrogens is 1750 g/mol. The number of ether oxygens (including phenoxy) is 6. The van der Waals surface area contributed by atoms with Crippen LogP contribution < -0.4 is 56.6 Å². The standard InChI is InChI=1S/C85H99ClFN15O23S3/c1-51(2)75(98-68(103)29-39-121-40-36-101-70(105)26-27-71(101)106)80(109)97-62(15-11-30-91-84(88)112)79(108)95-58-23-20-55(56(43-58)45-99(4)85(113)124-48-63(96-69(104)49-128(117,118)119)78(107)90-31-12-42-127(114,115)116)46-102(5)37-33-100(34-38-102)35-41-122-66-25-24-60(52(3)74(66)86)72-73-81(92-50-93-82(73)126-76(72)53-18-21-57(87)22-19-53)125-67(83(110)111)44-54-13-7-9-16-64(54)123-47-59-28-32-89-77(94-59)61-14-8-10-17-65(61)120-6/h7-10,13-14,16-28,32,43,50-51,62-63,67,75H,11-12,15,29-31,33-42,44-49H2,1-6H3,(H10-,88,90,91,95,96,97,98,103,104,107,108,109,110,111,112,114,115,116,117,118,119)/p+1/t62-,63+,67+,75-/m0/s1. The number of halogens is 2. The number of nitrogens with two attached hydrogens (primary N) is 1. The first-order valence-electron chi connectivity index (χ1n) is 40.5. The van der Waals surface area contributed by atoms with Gasteiger partial charge in [0.15, 0.2) is 11.6 Å². The zero-order valence-corrected chi connectivity index (χ0v) is 74.0. The molecule has 5 heterocycles. The number of thiophene rings is 1. The number of urea groups is 1. The lowest BCUT2D eigenvalue weighted by Crippen LogP contribution is -2.57. The molecule has 684 valence electrons. The lowest BCUT2D eigenvalue weighted by molar-refractivity contribution is -0.926. The predicted molar refractivity (Wildman–Crippen MR) is 467 cm³/mol. The fourth-order valence-corrected chi connectivity index (χ4v) is 16.3. The number of para-hydroxylation sites is 2. The molecule has 0 radical (unpaired) electrons. The number of aliphatic carboxylic acids is 1. The Hall–Kier alpha value is -12.4. The minimum atomic E-state index is -4.92. The quantitative estimate of drug-likeness (QED) is 0.00870. The van der Waals surface area contributed by atoms with Crippen LogP contribution in [0.3, 0.4) is 0 Å². The number of carboxylic acids is 1.